The van der Waals surface area contributed by atoms with Gasteiger partial charge in [0.15, 0.2) is 9.84 Å². The maximum Gasteiger partial charge on any atom is 0.255 e. The molecule has 0 radical (unpaired) electrons. The van der Waals surface area contributed by atoms with Gasteiger partial charge in [-0.15, -0.1) is 0 Å². The van der Waals surface area contributed by atoms with E-state index in [0.29, 0.717) is 24.9 Å². The van der Waals surface area contributed by atoms with Gasteiger partial charge in [-0.05, 0) is 54.7 Å². The van der Waals surface area contributed by atoms with E-state index in [9.17, 15) is 21.6 Å². The molecule has 0 spiro atoms. The molecule has 1 aliphatic heterocycles. The normalized spacial score (nSPS) is 20.4. The van der Waals surface area contributed by atoms with E-state index in [2.05, 4.69) is 5.32 Å². The van der Waals surface area contributed by atoms with Crippen LogP contribution in [0.2, 0.25) is 0 Å². The second-order valence-electron chi connectivity index (χ2n) is 8.15. The number of anilines is 1. The number of amides is 1. The number of nitrogens with one attached hydrogen (secondary N) is 1. The van der Waals surface area contributed by atoms with E-state index < -0.39 is 25.8 Å². The van der Waals surface area contributed by atoms with Gasteiger partial charge in [0.1, 0.15) is 0 Å². The van der Waals surface area contributed by atoms with Crippen LogP contribution in [0.4, 0.5) is 5.69 Å². The lowest BCUT2D eigenvalue weighted by Crippen LogP contribution is -2.42. The quantitative estimate of drug-likeness (QED) is 0.706. The van der Waals surface area contributed by atoms with Gasteiger partial charge in [-0.1, -0.05) is 32.9 Å². The molecule has 0 saturated carbocycles. The Labute approximate surface area is 184 Å². The molecule has 2 unspecified atom stereocenters. The van der Waals surface area contributed by atoms with E-state index in [1.807, 2.05) is 13.8 Å². The average Bonchev–Trinajstić information content (AvgIpc) is 2.73. The molecule has 2 atom stereocenters. The van der Waals surface area contributed by atoms with Crippen molar-refractivity contribution in [3.8, 4) is 0 Å². The Morgan fingerprint density at radius 1 is 0.968 bits per heavy atom. The number of carbonyl (C=O) groups is 1. The molecule has 1 amide bonds. The van der Waals surface area contributed by atoms with Crippen LogP contribution >= 0.6 is 0 Å². The highest BCUT2D eigenvalue weighted by Crippen LogP contribution is 2.27. The van der Waals surface area contributed by atoms with Crippen LogP contribution in [0.5, 0.6) is 0 Å². The van der Waals surface area contributed by atoms with Crippen LogP contribution < -0.4 is 5.32 Å². The Balaban J connectivity index is 1.80. The van der Waals surface area contributed by atoms with E-state index >= 15 is 0 Å². The maximum atomic E-state index is 13.0. The molecule has 1 aliphatic rings. The molecule has 1 saturated heterocycles. The lowest BCUT2D eigenvalue weighted by Gasteiger charge is -2.34. The topological polar surface area (TPSA) is 101 Å². The second-order valence-corrected chi connectivity index (χ2v) is 12.3. The predicted octanol–water partition coefficient (Wildman–Crippen LogP) is 3.40. The van der Waals surface area contributed by atoms with E-state index in [4.69, 9.17) is 0 Å². The third-order valence-electron chi connectivity index (χ3n) is 5.44. The van der Waals surface area contributed by atoms with Crippen molar-refractivity contribution in [2.75, 3.05) is 24.2 Å². The Morgan fingerprint density at radius 3 is 2.13 bits per heavy atom. The molecule has 2 aromatic carbocycles. The van der Waals surface area contributed by atoms with Crippen molar-refractivity contribution in [2.45, 2.75) is 37.0 Å². The Morgan fingerprint density at radius 2 is 1.55 bits per heavy atom. The van der Waals surface area contributed by atoms with Crippen LogP contribution in [-0.2, 0) is 19.9 Å². The third kappa shape index (κ3) is 5.16. The number of benzene rings is 2. The summed E-state index contributed by atoms with van der Waals surface area (Å²) in [6.07, 6.45) is 1.00. The minimum atomic E-state index is -3.64. The zero-order valence-corrected chi connectivity index (χ0v) is 19.5. The van der Waals surface area contributed by atoms with Crippen LogP contribution in [0.1, 0.15) is 37.6 Å². The summed E-state index contributed by atoms with van der Waals surface area (Å²) in [7, 11) is -7.14. The largest absolute Gasteiger partial charge is 0.321 e. The summed E-state index contributed by atoms with van der Waals surface area (Å²) in [5, 5.41) is 2.62. The second kappa shape index (κ2) is 9.10. The molecule has 1 heterocycles. The van der Waals surface area contributed by atoms with E-state index in [1.54, 1.807) is 12.1 Å². The molecule has 0 bridgehead atoms. The monoisotopic (exact) mass is 464 g/mol. The first-order chi connectivity index (χ1) is 14.5. The molecule has 0 aromatic heterocycles. The summed E-state index contributed by atoms with van der Waals surface area (Å²) in [4.78, 5) is 12.9. The number of para-hydroxylation sites is 1. The van der Waals surface area contributed by atoms with Gasteiger partial charge < -0.3 is 5.32 Å². The first-order valence-corrected chi connectivity index (χ1v) is 13.4. The number of carbonyl (C=O) groups excluding carboxylic acids is 1. The van der Waals surface area contributed by atoms with Gasteiger partial charge >= 0.3 is 0 Å². The summed E-state index contributed by atoms with van der Waals surface area (Å²) < 4.78 is 52.0. The molecule has 1 N–H and O–H groups in total. The van der Waals surface area contributed by atoms with E-state index in [0.717, 1.165) is 6.42 Å². The van der Waals surface area contributed by atoms with Crippen LogP contribution in [0.3, 0.4) is 0 Å². The molecule has 1 fully saturated rings. The molecule has 31 heavy (non-hydrogen) atoms. The number of piperidine rings is 1. The summed E-state index contributed by atoms with van der Waals surface area (Å²) in [6.45, 7) is 6.59. The van der Waals surface area contributed by atoms with Gasteiger partial charge in [-0.2, -0.15) is 4.31 Å². The van der Waals surface area contributed by atoms with Crippen LogP contribution in [0.25, 0.3) is 0 Å². The van der Waals surface area contributed by atoms with Crippen molar-refractivity contribution in [3.63, 3.8) is 0 Å². The van der Waals surface area contributed by atoms with Gasteiger partial charge in [-0.25, -0.2) is 16.8 Å². The molecule has 0 aliphatic carbocycles. The van der Waals surface area contributed by atoms with Crippen molar-refractivity contribution < 1.29 is 21.6 Å². The Kier molecular flexibility index (Phi) is 6.88. The van der Waals surface area contributed by atoms with Crippen LogP contribution in [0.15, 0.2) is 58.3 Å². The fourth-order valence-electron chi connectivity index (χ4n) is 3.92. The van der Waals surface area contributed by atoms with E-state index in [1.165, 1.54) is 47.6 Å². The third-order valence-corrected chi connectivity index (χ3v) is 9.07. The first-order valence-electron chi connectivity index (χ1n) is 10.3. The minimum Gasteiger partial charge on any atom is -0.321 e. The van der Waals surface area contributed by atoms with Gasteiger partial charge in [0.2, 0.25) is 10.0 Å². The number of nitrogens with zero attached hydrogens (tertiary/aromatic N) is 1. The van der Waals surface area contributed by atoms with Crippen molar-refractivity contribution in [2.24, 2.45) is 11.8 Å². The number of hydrogen-bond donors (Lipinski definition) is 1. The van der Waals surface area contributed by atoms with Gasteiger partial charge in [-0.3, -0.25) is 4.79 Å². The molecule has 9 heteroatoms. The van der Waals surface area contributed by atoms with Crippen molar-refractivity contribution in [1.82, 2.24) is 4.31 Å². The molecule has 2 aromatic rings. The van der Waals surface area contributed by atoms with Gasteiger partial charge in [0, 0.05) is 18.7 Å². The fraction of sp³-hybridized carbons (Fsp3) is 0.409. The standard InChI is InChI=1S/C22H28N2O5S2/c1-4-30(26,27)21-8-6-5-7-20(21)23-22(25)18-9-11-19(12-10-18)31(28,29)24-14-16(2)13-17(3)15-24/h5-12,16-17H,4,13-15H2,1-3H3,(H,23,25). The van der Waals surface area contributed by atoms with Crippen molar-refractivity contribution in [3.05, 3.63) is 54.1 Å². The van der Waals surface area contributed by atoms with Crippen molar-refractivity contribution in [1.29, 1.82) is 0 Å². The highest BCUT2D eigenvalue weighted by atomic mass is 32.2. The predicted molar refractivity (Wildman–Crippen MR) is 120 cm³/mol. The minimum absolute atomic E-state index is 0.0541. The number of sulfone groups is 1. The van der Waals surface area contributed by atoms with Crippen molar-refractivity contribution >= 4 is 31.5 Å². The SMILES string of the molecule is CCS(=O)(=O)c1ccccc1NC(=O)c1ccc(S(=O)(=O)N2CC(C)CC(C)C2)cc1. The molecule has 7 nitrogen and oxygen atoms in total. The lowest BCUT2D eigenvalue weighted by atomic mass is 9.94. The van der Waals surface area contributed by atoms with Gasteiger partial charge in [0.25, 0.3) is 5.91 Å². The summed E-state index contributed by atoms with van der Waals surface area (Å²) in [6, 6.07) is 11.9. The summed E-state index contributed by atoms with van der Waals surface area (Å²) in [5.41, 5.74) is 0.436. The zero-order chi connectivity index (χ0) is 22.8. The molecular formula is C22H28N2O5S2. The van der Waals surface area contributed by atoms with Crippen LogP contribution in [0, 0.1) is 11.8 Å². The Bertz CT molecular complexity index is 1150. The van der Waals surface area contributed by atoms with Crippen LogP contribution in [-0.4, -0.2) is 45.9 Å². The Hall–Kier alpha value is -2.23. The summed E-state index contributed by atoms with van der Waals surface area (Å²) >= 11 is 0. The number of sulfonamides is 1. The molecular weight excluding hydrogens is 436 g/mol. The average molecular weight is 465 g/mol. The smallest absolute Gasteiger partial charge is 0.255 e. The zero-order valence-electron chi connectivity index (χ0n) is 17.9. The maximum absolute atomic E-state index is 13.0. The van der Waals surface area contributed by atoms with Gasteiger partial charge in [0.05, 0.1) is 21.2 Å². The number of hydrogen-bond acceptors (Lipinski definition) is 5. The van der Waals surface area contributed by atoms with E-state index in [-0.39, 0.29) is 26.8 Å². The molecule has 168 valence electrons. The number of rotatable bonds is 6. The fourth-order valence-corrected chi connectivity index (χ4v) is 6.65. The lowest BCUT2D eigenvalue weighted by molar-refractivity contribution is 0.102. The highest BCUT2D eigenvalue weighted by Gasteiger charge is 2.31. The summed E-state index contributed by atoms with van der Waals surface area (Å²) in [5.74, 6) is -0.00538. The molecule has 3 rings (SSSR count). The highest BCUT2D eigenvalue weighted by molar-refractivity contribution is 7.91. The first kappa shape index (κ1) is 23.4.